The zero-order chi connectivity index (χ0) is 20.1. The minimum absolute atomic E-state index is 0.168. The number of thiophene rings is 1. The van der Waals surface area contributed by atoms with Crippen LogP contribution in [0.25, 0.3) is 12.2 Å². The molecule has 1 saturated heterocycles. The van der Waals surface area contributed by atoms with Gasteiger partial charge in [-0.3, -0.25) is 0 Å². The van der Waals surface area contributed by atoms with Gasteiger partial charge in [0.1, 0.15) is 0 Å². The van der Waals surface area contributed by atoms with E-state index < -0.39 is 17.7 Å². The minimum atomic E-state index is -0.642. The fourth-order valence-electron chi connectivity index (χ4n) is 3.03. The van der Waals surface area contributed by atoms with E-state index in [2.05, 4.69) is 0 Å². The highest BCUT2D eigenvalue weighted by Gasteiger charge is 2.37. The van der Waals surface area contributed by atoms with Gasteiger partial charge in [-0.2, -0.15) is 0 Å². The summed E-state index contributed by atoms with van der Waals surface area (Å²) >= 11 is 1.60. The Labute approximate surface area is 167 Å². The van der Waals surface area contributed by atoms with E-state index in [4.69, 9.17) is 18.9 Å². The van der Waals surface area contributed by atoms with Crippen molar-refractivity contribution in [2.45, 2.75) is 19.1 Å². The lowest BCUT2D eigenvalue weighted by Gasteiger charge is -2.24. The van der Waals surface area contributed by atoms with Gasteiger partial charge in [-0.15, -0.1) is 11.3 Å². The molecule has 1 aliphatic rings. The lowest BCUT2D eigenvalue weighted by molar-refractivity contribution is -0.164. The lowest BCUT2D eigenvalue weighted by Crippen LogP contribution is -2.24. The fraction of sp³-hybridized carbons (Fsp3) is 0.333. The summed E-state index contributed by atoms with van der Waals surface area (Å²) in [6.07, 6.45) is 4.56. The van der Waals surface area contributed by atoms with E-state index >= 15 is 0 Å². The van der Waals surface area contributed by atoms with Crippen molar-refractivity contribution < 1.29 is 28.5 Å². The summed E-state index contributed by atoms with van der Waals surface area (Å²) in [5, 5.41) is 0. The largest absolute Gasteiger partial charge is 0.465 e. The van der Waals surface area contributed by atoms with Gasteiger partial charge in [-0.05, 0) is 35.9 Å². The molecule has 2 heterocycles. The number of methoxy groups -OCH3 is 2. The second kappa shape index (κ2) is 8.68. The van der Waals surface area contributed by atoms with E-state index in [0.29, 0.717) is 13.2 Å². The summed E-state index contributed by atoms with van der Waals surface area (Å²) in [6.45, 7) is 3.23. The summed E-state index contributed by atoms with van der Waals surface area (Å²) in [5.41, 5.74) is 1.10. The Morgan fingerprint density at radius 1 is 1.04 bits per heavy atom. The Balaban J connectivity index is 1.85. The molecule has 7 heteroatoms. The molecule has 28 heavy (non-hydrogen) atoms. The third kappa shape index (κ3) is 4.01. The monoisotopic (exact) mass is 402 g/mol. The highest BCUT2D eigenvalue weighted by atomic mass is 32.1. The molecule has 3 rings (SSSR count). The van der Waals surface area contributed by atoms with Crippen LogP contribution in [0, 0.1) is 0 Å². The van der Waals surface area contributed by atoms with Crippen molar-refractivity contribution in [2.75, 3.05) is 27.4 Å². The average molecular weight is 402 g/mol. The molecule has 0 N–H and O–H groups in total. The van der Waals surface area contributed by atoms with E-state index in [9.17, 15) is 9.59 Å². The summed E-state index contributed by atoms with van der Waals surface area (Å²) < 4.78 is 21.1. The maximum Gasteiger partial charge on any atom is 0.338 e. The van der Waals surface area contributed by atoms with Crippen molar-refractivity contribution in [2.24, 2.45) is 0 Å². The molecule has 0 unspecified atom stereocenters. The van der Waals surface area contributed by atoms with Gasteiger partial charge in [-0.25, -0.2) is 9.59 Å². The summed E-state index contributed by atoms with van der Waals surface area (Å²) in [5.74, 6) is -1.81. The number of carbonyl (C=O) groups excluding carboxylic acids is 2. The first-order valence-electron chi connectivity index (χ1n) is 8.90. The van der Waals surface area contributed by atoms with Gasteiger partial charge in [0.05, 0.1) is 43.4 Å². The van der Waals surface area contributed by atoms with Crippen LogP contribution in [-0.4, -0.2) is 39.4 Å². The first-order chi connectivity index (χ1) is 13.5. The van der Waals surface area contributed by atoms with Crippen molar-refractivity contribution >= 4 is 35.4 Å². The predicted molar refractivity (Wildman–Crippen MR) is 106 cm³/mol. The van der Waals surface area contributed by atoms with Crippen LogP contribution in [0.4, 0.5) is 0 Å². The van der Waals surface area contributed by atoms with E-state index in [-0.39, 0.29) is 11.1 Å². The first kappa shape index (κ1) is 20.3. The number of carbonyl (C=O) groups is 2. The molecule has 1 aromatic heterocycles. The second-order valence-electron chi connectivity index (χ2n) is 6.13. The van der Waals surface area contributed by atoms with E-state index in [1.807, 2.05) is 31.2 Å². The van der Waals surface area contributed by atoms with Gasteiger partial charge >= 0.3 is 11.9 Å². The number of hydrogen-bond donors (Lipinski definition) is 0. The van der Waals surface area contributed by atoms with Crippen LogP contribution in [0.2, 0.25) is 0 Å². The van der Waals surface area contributed by atoms with E-state index in [1.165, 1.54) is 14.2 Å². The number of ether oxygens (including phenoxy) is 4. The van der Waals surface area contributed by atoms with Crippen LogP contribution in [0.1, 0.15) is 49.4 Å². The molecular formula is C21H22O6S. The molecule has 148 valence electrons. The molecule has 0 saturated carbocycles. The zero-order valence-corrected chi connectivity index (χ0v) is 16.8. The molecule has 2 aromatic rings. The molecule has 1 aliphatic heterocycles. The first-order valence-corrected chi connectivity index (χ1v) is 9.71. The standard InChI is InChI=1S/C21H22O6S/c1-4-21(26-11-12-27-21)18-10-8-15(28-18)7-5-14-6-9-16(19(22)24-2)17(13-14)20(23)25-3/h5-10,13H,4,11-12H2,1-3H3. The van der Waals surface area contributed by atoms with E-state index in [0.717, 1.165) is 21.7 Å². The van der Waals surface area contributed by atoms with Crippen LogP contribution in [0.15, 0.2) is 30.3 Å². The number of rotatable bonds is 6. The molecule has 0 amide bonds. The smallest absolute Gasteiger partial charge is 0.338 e. The highest BCUT2D eigenvalue weighted by Crippen LogP contribution is 2.39. The van der Waals surface area contributed by atoms with Crippen LogP contribution >= 0.6 is 11.3 Å². The molecule has 0 aliphatic carbocycles. The zero-order valence-electron chi connectivity index (χ0n) is 16.0. The normalized spacial score (nSPS) is 15.7. The Bertz CT molecular complexity index is 892. The second-order valence-corrected chi connectivity index (χ2v) is 7.24. The van der Waals surface area contributed by atoms with Gasteiger partial charge in [0.25, 0.3) is 0 Å². The van der Waals surface area contributed by atoms with E-state index in [1.54, 1.807) is 29.5 Å². The summed E-state index contributed by atoms with van der Waals surface area (Å²) in [6, 6.07) is 8.94. The van der Waals surface area contributed by atoms with Gasteiger partial charge in [0.2, 0.25) is 5.79 Å². The third-order valence-corrected chi connectivity index (χ3v) is 5.69. The van der Waals surface area contributed by atoms with Gasteiger partial charge in [0.15, 0.2) is 0 Å². The number of hydrogen-bond acceptors (Lipinski definition) is 7. The fourth-order valence-corrected chi connectivity index (χ4v) is 4.11. The van der Waals surface area contributed by atoms with Gasteiger partial charge in [0, 0.05) is 11.3 Å². The van der Waals surface area contributed by atoms with Crippen molar-refractivity contribution in [1.82, 2.24) is 0 Å². The van der Waals surface area contributed by atoms with Crippen molar-refractivity contribution in [1.29, 1.82) is 0 Å². The SMILES string of the molecule is CCC1(c2ccc(C=Cc3ccc(C(=O)OC)c(C(=O)OC)c3)s2)OCCO1. The predicted octanol–water partition coefficient (Wildman–Crippen LogP) is 4.10. The number of benzene rings is 1. The van der Waals surface area contributed by atoms with Gasteiger partial charge in [-0.1, -0.05) is 19.1 Å². The third-order valence-electron chi connectivity index (χ3n) is 4.52. The van der Waals surface area contributed by atoms with Crippen molar-refractivity contribution in [3.05, 3.63) is 56.8 Å². The molecular weight excluding hydrogens is 380 g/mol. The van der Waals surface area contributed by atoms with Crippen LogP contribution < -0.4 is 0 Å². The average Bonchev–Trinajstić information content (AvgIpc) is 3.41. The van der Waals surface area contributed by atoms with Crippen LogP contribution in [0.3, 0.4) is 0 Å². The number of esters is 2. The van der Waals surface area contributed by atoms with Crippen molar-refractivity contribution in [3.63, 3.8) is 0 Å². The molecule has 0 radical (unpaired) electrons. The highest BCUT2D eigenvalue weighted by molar-refractivity contribution is 7.13. The quantitative estimate of drug-likeness (QED) is 0.678. The van der Waals surface area contributed by atoms with Crippen molar-refractivity contribution in [3.8, 4) is 0 Å². The maximum atomic E-state index is 12.0. The van der Waals surface area contributed by atoms with Crippen LogP contribution in [0.5, 0.6) is 0 Å². The molecule has 0 bridgehead atoms. The molecule has 0 atom stereocenters. The summed E-state index contributed by atoms with van der Waals surface area (Å²) in [7, 11) is 2.54. The Kier molecular flexibility index (Phi) is 6.28. The molecule has 1 aromatic carbocycles. The summed E-state index contributed by atoms with van der Waals surface area (Å²) in [4.78, 5) is 25.9. The van der Waals surface area contributed by atoms with Crippen LogP contribution in [-0.2, 0) is 24.7 Å². The molecule has 0 spiro atoms. The Hall–Kier alpha value is -2.48. The maximum absolute atomic E-state index is 12.0. The topological polar surface area (TPSA) is 71.1 Å². The minimum Gasteiger partial charge on any atom is -0.465 e. The Morgan fingerprint density at radius 3 is 2.36 bits per heavy atom. The molecule has 1 fully saturated rings. The molecule has 6 nitrogen and oxygen atoms in total. The van der Waals surface area contributed by atoms with Gasteiger partial charge < -0.3 is 18.9 Å². The Morgan fingerprint density at radius 2 is 1.71 bits per heavy atom. The lowest BCUT2D eigenvalue weighted by atomic mass is 10.0.